The normalized spacial score (nSPS) is 18.4. The predicted octanol–water partition coefficient (Wildman–Crippen LogP) is 6.68. The average molecular weight is 441 g/mol. The zero-order valence-electron chi connectivity index (χ0n) is 16.7. The summed E-state index contributed by atoms with van der Waals surface area (Å²) in [6, 6.07) is 7.06. The number of benzene rings is 1. The molecule has 0 bridgehead atoms. The Balaban J connectivity index is 0.00000146. The Morgan fingerprint density at radius 3 is 2.53 bits per heavy atom. The van der Waals surface area contributed by atoms with Crippen molar-refractivity contribution in [2.45, 2.75) is 71.3 Å². The third-order valence-corrected chi connectivity index (χ3v) is 5.70. The lowest BCUT2D eigenvalue weighted by atomic mass is 9.87. The highest BCUT2D eigenvalue weighted by Gasteiger charge is 2.42. The molecule has 1 aliphatic heterocycles. The molecule has 0 radical (unpaired) electrons. The van der Waals surface area contributed by atoms with Crippen LogP contribution in [0.3, 0.4) is 0 Å². The van der Waals surface area contributed by atoms with E-state index < -0.39 is 11.6 Å². The maximum atomic E-state index is 12.6. The lowest BCUT2D eigenvalue weighted by Crippen LogP contribution is -2.33. The Morgan fingerprint density at radius 1 is 1.20 bits per heavy atom. The first-order valence-electron chi connectivity index (χ1n) is 10.0. The number of hydrogen-bond acceptors (Lipinski definition) is 3. The molecule has 2 N–H and O–H groups in total. The minimum atomic E-state index is -4.31. The molecule has 166 valence electrons. The molecule has 2 aliphatic rings. The zero-order valence-corrected chi connectivity index (χ0v) is 17.6. The molecule has 1 amide bonds. The Kier molecular flexibility index (Phi) is 10.9. The molecule has 7 heteroatoms. The Bertz CT molecular complexity index is 775. The molecular formula is C23H31F3N2OS. The number of rotatable bonds is 3. The second-order valence-corrected chi connectivity index (χ2v) is 7.95. The van der Waals surface area contributed by atoms with Crippen LogP contribution in [0.1, 0.15) is 65.4 Å². The summed E-state index contributed by atoms with van der Waals surface area (Å²) in [7, 11) is 0. The van der Waals surface area contributed by atoms with E-state index >= 15 is 0 Å². The molecule has 0 aromatic heterocycles. The third kappa shape index (κ3) is 8.35. The summed E-state index contributed by atoms with van der Waals surface area (Å²) in [5, 5.41) is 3.53. The van der Waals surface area contributed by atoms with Crippen molar-refractivity contribution in [2.75, 3.05) is 5.32 Å². The average Bonchev–Trinajstić information content (AvgIpc) is 3.19. The number of thioether (sulfide) groups is 1. The Hall–Kier alpha value is -2.07. The molecule has 1 heterocycles. The maximum Gasteiger partial charge on any atom is 0.418 e. The second kappa shape index (κ2) is 12.6. The first kappa shape index (κ1) is 26.0. The zero-order chi connectivity index (χ0) is 21.3. The molecule has 1 atom stereocenters. The van der Waals surface area contributed by atoms with Gasteiger partial charge in [-0.15, -0.1) is 0 Å². The smallest absolute Gasteiger partial charge is 0.370 e. The summed E-state index contributed by atoms with van der Waals surface area (Å²) in [4.78, 5) is 12.6. The van der Waals surface area contributed by atoms with Crippen molar-refractivity contribution in [3.05, 3.63) is 40.9 Å². The van der Waals surface area contributed by atoms with Crippen LogP contribution in [0.4, 0.5) is 18.9 Å². The molecule has 0 spiro atoms. The van der Waals surface area contributed by atoms with Gasteiger partial charge in [-0.25, -0.2) is 0 Å². The largest absolute Gasteiger partial charge is 0.418 e. The van der Waals surface area contributed by atoms with Gasteiger partial charge in [-0.2, -0.15) is 13.2 Å². The van der Waals surface area contributed by atoms with Gasteiger partial charge in [-0.05, 0) is 37.0 Å². The van der Waals surface area contributed by atoms with E-state index in [1.165, 1.54) is 25.5 Å². The molecule has 3 nitrogen and oxygen atoms in total. The number of alkyl halides is 3. The van der Waals surface area contributed by atoms with Crippen molar-refractivity contribution in [2.24, 2.45) is 5.92 Å². The van der Waals surface area contributed by atoms with E-state index in [-0.39, 0.29) is 13.3 Å². The van der Waals surface area contributed by atoms with Gasteiger partial charge in [0.15, 0.2) is 5.37 Å². The van der Waals surface area contributed by atoms with Crippen molar-refractivity contribution in [3.63, 3.8) is 0 Å². The summed E-state index contributed by atoms with van der Waals surface area (Å²) < 4.78 is 37.9. The number of allylic oxidation sites excluding steroid dienone is 1. The van der Waals surface area contributed by atoms with E-state index in [0.29, 0.717) is 40.3 Å². The maximum absolute atomic E-state index is 12.6. The van der Waals surface area contributed by atoms with E-state index in [1.807, 2.05) is 13.8 Å². The quantitative estimate of drug-likeness (QED) is 0.516. The molecule has 1 unspecified atom stereocenters. The number of nitrogens with one attached hydrogen (secondary N) is 2. The number of carbonyl (C=O) groups is 1. The number of carbonyl (C=O) groups excluding carboxylic acids is 1. The van der Waals surface area contributed by atoms with Gasteiger partial charge in [0, 0.05) is 23.9 Å². The Morgan fingerprint density at radius 2 is 1.90 bits per heavy atom. The van der Waals surface area contributed by atoms with Crippen LogP contribution in [0.25, 0.3) is 0 Å². The van der Waals surface area contributed by atoms with Gasteiger partial charge < -0.3 is 10.6 Å². The molecular weight excluding hydrogens is 409 g/mol. The lowest BCUT2D eigenvalue weighted by molar-refractivity contribution is -0.131. The first-order valence-corrected chi connectivity index (χ1v) is 10.9. The van der Waals surface area contributed by atoms with E-state index in [1.54, 1.807) is 24.3 Å². The summed E-state index contributed by atoms with van der Waals surface area (Å²) >= 11 is 0.653. The molecule has 1 saturated carbocycles. The molecule has 3 rings (SSSR count). The summed E-state index contributed by atoms with van der Waals surface area (Å²) in [6.45, 7) is 4.00. The fourth-order valence-corrected chi connectivity index (χ4v) is 4.02. The number of amides is 1. The number of halogens is 3. The van der Waals surface area contributed by atoms with Gasteiger partial charge in [0.1, 0.15) is 0 Å². The van der Waals surface area contributed by atoms with Gasteiger partial charge in [0.2, 0.25) is 5.91 Å². The van der Waals surface area contributed by atoms with Crippen molar-refractivity contribution in [3.8, 4) is 11.8 Å². The van der Waals surface area contributed by atoms with Gasteiger partial charge in [0.25, 0.3) is 0 Å². The number of hydrogen-bond donors (Lipinski definition) is 2. The van der Waals surface area contributed by atoms with Gasteiger partial charge in [-0.1, -0.05) is 70.2 Å². The van der Waals surface area contributed by atoms with Crippen LogP contribution in [-0.2, 0) is 4.79 Å². The monoisotopic (exact) mass is 440 g/mol. The fourth-order valence-electron chi connectivity index (χ4n) is 3.25. The van der Waals surface area contributed by atoms with Crippen molar-refractivity contribution >= 4 is 23.4 Å². The SMILES string of the molecule is C.CC.O=C(CC1CCCCC1)Nc1cccc(C#CC2=CNC(C(F)(F)F)S2)c1. The van der Waals surface area contributed by atoms with Gasteiger partial charge in [0.05, 0.1) is 4.91 Å². The molecule has 30 heavy (non-hydrogen) atoms. The Labute approximate surface area is 182 Å². The highest BCUT2D eigenvalue weighted by Crippen LogP contribution is 2.36. The van der Waals surface area contributed by atoms with Crippen LogP contribution < -0.4 is 10.6 Å². The topological polar surface area (TPSA) is 41.1 Å². The third-order valence-electron chi connectivity index (χ3n) is 4.58. The van der Waals surface area contributed by atoms with Crippen molar-refractivity contribution < 1.29 is 18.0 Å². The van der Waals surface area contributed by atoms with E-state index in [9.17, 15) is 18.0 Å². The standard InChI is InChI=1S/C20H21F3N2OS.C2H6.CH4/c21-20(22,23)19-24-13-17(27-19)10-9-15-7-4-8-16(11-15)25-18(26)12-14-5-2-1-3-6-14;1-2;/h4,7-8,11,13-14,19,24H,1-3,5-6,12H2,(H,25,26);1-2H3;1H4. The van der Waals surface area contributed by atoms with E-state index in [4.69, 9.17) is 0 Å². The minimum absolute atomic E-state index is 0. The molecule has 0 saturated heterocycles. The van der Waals surface area contributed by atoms with E-state index in [0.717, 1.165) is 12.8 Å². The van der Waals surface area contributed by atoms with Crippen LogP contribution in [-0.4, -0.2) is 17.5 Å². The van der Waals surface area contributed by atoms with Crippen molar-refractivity contribution in [1.29, 1.82) is 0 Å². The van der Waals surface area contributed by atoms with Crippen LogP contribution in [0.2, 0.25) is 0 Å². The van der Waals surface area contributed by atoms with Crippen LogP contribution >= 0.6 is 11.8 Å². The summed E-state index contributed by atoms with van der Waals surface area (Å²) in [5.41, 5.74) is 1.30. The summed E-state index contributed by atoms with van der Waals surface area (Å²) in [5.74, 6) is 6.06. The fraction of sp³-hybridized carbons (Fsp3) is 0.522. The van der Waals surface area contributed by atoms with Crippen LogP contribution in [0.15, 0.2) is 35.4 Å². The van der Waals surface area contributed by atoms with Gasteiger partial charge in [-0.3, -0.25) is 4.79 Å². The number of anilines is 1. The lowest BCUT2D eigenvalue weighted by Gasteiger charge is -2.20. The second-order valence-electron chi connectivity index (χ2n) is 6.80. The van der Waals surface area contributed by atoms with Crippen LogP contribution in [0, 0.1) is 17.8 Å². The highest BCUT2D eigenvalue weighted by molar-refractivity contribution is 8.04. The summed E-state index contributed by atoms with van der Waals surface area (Å²) in [6.07, 6.45) is 3.37. The predicted molar refractivity (Wildman–Crippen MR) is 120 cm³/mol. The van der Waals surface area contributed by atoms with Crippen LogP contribution in [0.5, 0.6) is 0 Å². The minimum Gasteiger partial charge on any atom is -0.370 e. The first-order chi connectivity index (χ1) is 13.9. The molecule has 1 aliphatic carbocycles. The highest BCUT2D eigenvalue weighted by atomic mass is 32.2. The van der Waals surface area contributed by atoms with Gasteiger partial charge >= 0.3 is 6.18 Å². The van der Waals surface area contributed by atoms with Crippen molar-refractivity contribution in [1.82, 2.24) is 5.32 Å². The molecule has 1 fully saturated rings. The molecule has 1 aromatic rings. The van der Waals surface area contributed by atoms with E-state index in [2.05, 4.69) is 22.5 Å². The molecule has 1 aromatic carbocycles.